The molecule has 1 aromatic heterocycles. The Hall–Kier alpha value is -2.44. The van der Waals surface area contributed by atoms with E-state index >= 15 is 0 Å². The molecule has 0 amide bonds. The molecule has 1 heterocycles. The molecular weight excluding hydrogens is 250 g/mol. The number of nitro groups is 2. The topological polar surface area (TPSA) is 102 Å². The number of hydrogen-bond acceptors (Lipinski definition) is 4. The molecule has 1 aromatic carbocycles. The minimum atomic E-state index is -0.721. The molecule has 7 heteroatoms. The van der Waals surface area contributed by atoms with Crippen molar-refractivity contribution in [2.75, 3.05) is 13.1 Å². The minimum Gasteiger partial charge on any atom is -0.358 e. The number of nitrogens with zero attached hydrogens (tertiary/aromatic N) is 2. The Morgan fingerprint density at radius 1 is 1.16 bits per heavy atom. The fourth-order valence-electron chi connectivity index (χ4n) is 2.42. The van der Waals surface area contributed by atoms with Gasteiger partial charge in [0, 0.05) is 26.4 Å². The van der Waals surface area contributed by atoms with Crippen LogP contribution in [0.15, 0.2) is 24.3 Å². The van der Waals surface area contributed by atoms with Gasteiger partial charge < -0.3 is 4.98 Å². The number of benzene rings is 1. The number of aromatic nitrogens is 1. The van der Waals surface area contributed by atoms with Gasteiger partial charge >= 0.3 is 0 Å². The second kappa shape index (κ2) is 5.05. The molecule has 19 heavy (non-hydrogen) atoms. The van der Waals surface area contributed by atoms with Crippen LogP contribution >= 0.6 is 0 Å². The first-order chi connectivity index (χ1) is 8.99. The van der Waals surface area contributed by atoms with E-state index in [4.69, 9.17) is 0 Å². The van der Waals surface area contributed by atoms with E-state index in [0.717, 1.165) is 16.6 Å². The fraction of sp³-hybridized carbons (Fsp3) is 0.333. The van der Waals surface area contributed by atoms with Crippen molar-refractivity contribution in [3.63, 3.8) is 0 Å². The summed E-state index contributed by atoms with van der Waals surface area (Å²) in [6.07, 6.45) is 0. The minimum absolute atomic E-state index is 0.441. The van der Waals surface area contributed by atoms with E-state index in [1.54, 1.807) is 6.92 Å². The van der Waals surface area contributed by atoms with Crippen molar-refractivity contribution in [2.24, 2.45) is 0 Å². The number of hydrogen-bond donors (Lipinski definition) is 1. The maximum atomic E-state index is 10.7. The standard InChI is InChI=1S/C12H13N3O4/c1-8-12(9(6-14(16)17)7-15(18)19)10-4-2-3-5-11(10)13-8/h2-5,9,13H,6-7H2,1H3. The maximum absolute atomic E-state index is 10.7. The molecule has 0 aliphatic carbocycles. The molecule has 100 valence electrons. The van der Waals surface area contributed by atoms with Crippen molar-refractivity contribution in [2.45, 2.75) is 12.8 Å². The van der Waals surface area contributed by atoms with Crippen LogP contribution in [-0.2, 0) is 0 Å². The predicted molar refractivity (Wildman–Crippen MR) is 69.5 cm³/mol. The summed E-state index contributed by atoms with van der Waals surface area (Å²) in [5, 5.41) is 22.2. The number of rotatable bonds is 5. The third-order valence-electron chi connectivity index (χ3n) is 3.09. The van der Waals surface area contributed by atoms with Crippen molar-refractivity contribution in [1.82, 2.24) is 4.98 Å². The van der Waals surface area contributed by atoms with Crippen molar-refractivity contribution >= 4 is 10.9 Å². The molecule has 0 unspecified atom stereocenters. The average molecular weight is 263 g/mol. The van der Waals surface area contributed by atoms with Crippen molar-refractivity contribution in [1.29, 1.82) is 0 Å². The number of aromatic amines is 1. The van der Waals surface area contributed by atoms with Crippen LogP contribution in [0.2, 0.25) is 0 Å². The molecular formula is C12H13N3O4. The van der Waals surface area contributed by atoms with Gasteiger partial charge in [0.05, 0.1) is 0 Å². The van der Waals surface area contributed by atoms with Gasteiger partial charge in [0.15, 0.2) is 0 Å². The van der Waals surface area contributed by atoms with Crippen LogP contribution in [0.1, 0.15) is 17.2 Å². The van der Waals surface area contributed by atoms with Gasteiger partial charge in [-0.3, -0.25) is 20.2 Å². The zero-order valence-electron chi connectivity index (χ0n) is 10.3. The van der Waals surface area contributed by atoms with E-state index in [-0.39, 0.29) is 0 Å². The molecule has 0 fully saturated rings. The Kier molecular flexibility index (Phi) is 3.46. The molecule has 0 saturated carbocycles. The van der Waals surface area contributed by atoms with Crippen molar-refractivity contribution < 1.29 is 9.85 Å². The quantitative estimate of drug-likeness (QED) is 0.659. The van der Waals surface area contributed by atoms with Crippen molar-refractivity contribution in [3.8, 4) is 0 Å². The highest BCUT2D eigenvalue weighted by atomic mass is 16.6. The lowest BCUT2D eigenvalue weighted by molar-refractivity contribution is -0.516. The summed E-state index contributed by atoms with van der Waals surface area (Å²) in [6.45, 7) is 0.898. The lowest BCUT2D eigenvalue weighted by atomic mass is 9.96. The van der Waals surface area contributed by atoms with Gasteiger partial charge in [0.25, 0.3) is 0 Å². The molecule has 2 rings (SSSR count). The first kappa shape index (κ1) is 13.0. The summed E-state index contributed by atoms with van der Waals surface area (Å²) in [5.74, 6) is -0.721. The summed E-state index contributed by atoms with van der Waals surface area (Å²) >= 11 is 0. The third-order valence-corrected chi connectivity index (χ3v) is 3.09. The van der Waals surface area contributed by atoms with E-state index in [2.05, 4.69) is 4.98 Å². The second-order valence-corrected chi connectivity index (χ2v) is 4.44. The summed E-state index contributed by atoms with van der Waals surface area (Å²) in [6, 6.07) is 7.33. The molecule has 0 saturated heterocycles. The number of aryl methyl sites for hydroxylation is 1. The summed E-state index contributed by atoms with van der Waals surface area (Å²) in [7, 11) is 0. The van der Waals surface area contributed by atoms with E-state index in [0.29, 0.717) is 5.56 Å². The first-order valence-corrected chi connectivity index (χ1v) is 5.80. The molecule has 0 aliphatic heterocycles. The highest BCUT2D eigenvalue weighted by Crippen LogP contribution is 2.29. The van der Waals surface area contributed by atoms with Gasteiger partial charge in [-0.15, -0.1) is 0 Å². The lowest BCUT2D eigenvalue weighted by Crippen LogP contribution is -2.21. The largest absolute Gasteiger partial charge is 0.358 e. The fourth-order valence-corrected chi connectivity index (χ4v) is 2.42. The summed E-state index contributed by atoms with van der Waals surface area (Å²) < 4.78 is 0. The Balaban J connectivity index is 2.51. The Bertz CT molecular complexity index is 619. The van der Waals surface area contributed by atoms with Crippen LogP contribution in [0.4, 0.5) is 0 Å². The SMILES string of the molecule is Cc1[nH]c2ccccc2c1C(C[N+](=O)[O-])C[N+](=O)[O-]. The highest BCUT2D eigenvalue weighted by Gasteiger charge is 2.28. The van der Waals surface area contributed by atoms with Crippen LogP contribution in [0.25, 0.3) is 10.9 Å². The van der Waals surface area contributed by atoms with E-state index in [1.165, 1.54) is 0 Å². The van der Waals surface area contributed by atoms with E-state index in [9.17, 15) is 20.2 Å². The van der Waals surface area contributed by atoms with Crippen LogP contribution in [-0.4, -0.2) is 27.9 Å². The molecule has 1 N–H and O–H groups in total. The first-order valence-electron chi connectivity index (χ1n) is 5.80. The van der Waals surface area contributed by atoms with E-state index < -0.39 is 28.9 Å². The Morgan fingerprint density at radius 3 is 2.32 bits per heavy atom. The second-order valence-electron chi connectivity index (χ2n) is 4.44. The van der Waals surface area contributed by atoms with Crippen LogP contribution in [0, 0.1) is 27.2 Å². The molecule has 0 atom stereocenters. The van der Waals surface area contributed by atoms with Gasteiger partial charge in [-0.1, -0.05) is 18.2 Å². The number of para-hydroxylation sites is 1. The summed E-state index contributed by atoms with van der Waals surface area (Å²) in [4.78, 5) is 23.5. The smallest absolute Gasteiger partial charge is 0.217 e. The molecule has 7 nitrogen and oxygen atoms in total. The van der Waals surface area contributed by atoms with Crippen LogP contribution in [0.5, 0.6) is 0 Å². The zero-order valence-corrected chi connectivity index (χ0v) is 10.3. The number of nitrogens with one attached hydrogen (secondary N) is 1. The number of H-pyrrole nitrogens is 1. The Labute approximate surface area is 108 Å². The maximum Gasteiger partial charge on any atom is 0.217 e. The van der Waals surface area contributed by atoms with Gasteiger partial charge in [-0.2, -0.15) is 0 Å². The predicted octanol–water partition coefficient (Wildman–Crippen LogP) is 2.11. The molecule has 0 aliphatic rings. The molecule has 0 radical (unpaired) electrons. The normalized spacial score (nSPS) is 11.1. The Morgan fingerprint density at radius 2 is 1.74 bits per heavy atom. The van der Waals surface area contributed by atoms with E-state index in [1.807, 2.05) is 24.3 Å². The monoisotopic (exact) mass is 263 g/mol. The van der Waals surface area contributed by atoms with Crippen LogP contribution in [0.3, 0.4) is 0 Å². The molecule has 0 bridgehead atoms. The van der Waals surface area contributed by atoms with Gasteiger partial charge in [-0.05, 0) is 18.6 Å². The van der Waals surface area contributed by atoms with Crippen LogP contribution < -0.4 is 0 Å². The summed E-state index contributed by atoms with van der Waals surface area (Å²) in [5.41, 5.74) is 2.26. The number of fused-ring (bicyclic) bond motifs is 1. The van der Waals surface area contributed by atoms with Gasteiger partial charge in [0.1, 0.15) is 5.92 Å². The van der Waals surface area contributed by atoms with Gasteiger partial charge in [0.2, 0.25) is 13.1 Å². The van der Waals surface area contributed by atoms with Crippen molar-refractivity contribution in [3.05, 3.63) is 55.8 Å². The highest BCUT2D eigenvalue weighted by molar-refractivity contribution is 5.85. The zero-order chi connectivity index (χ0) is 14.0. The molecule has 2 aromatic rings. The average Bonchev–Trinajstić information content (AvgIpc) is 2.62. The lowest BCUT2D eigenvalue weighted by Gasteiger charge is -2.09. The third kappa shape index (κ3) is 2.70. The molecule has 0 spiro atoms. The van der Waals surface area contributed by atoms with Gasteiger partial charge in [-0.25, -0.2) is 0 Å².